The van der Waals surface area contributed by atoms with E-state index < -0.39 is 49.0 Å². The van der Waals surface area contributed by atoms with Gasteiger partial charge in [-0.05, 0) is 109 Å². The molecule has 6 N–H and O–H groups in total. The lowest BCUT2D eigenvalue weighted by Crippen LogP contribution is -2.36. The second-order valence-corrected chi connectivity index (χ2v) is 27.3. The van der Waals surface area contributed by atoms with Gasteiger partial charge in [-0.2, -0.15) is 0 Å². The van der Waals surface area contributed by atoms with E-state index in [0.29, 0.717) is 5.92 Å². The van der Waals surface area contributed by atoms with Crippen molar-refractivity contribution < 1.29 is 88.4 Å². The Kier molecular flexibility index (Phi) is 37.4. The molecule has 0 heterocycles. The van der Waals surface area contributed by atoms with Gasteiger partial charge < -0.3 is 59.7 Å². The molecule has 3 fully saturated rings. The van der Waals surface area contributed by atoms with E-state index in [1.165, 1.54) is 36.8 Å². The summed E-state index contributed by atoms with van der Waals surface area (Å²) in [7, 11) is 0. The topological polar surface area (TPSA) is 353 Å². The smallest absolute Gasteiger partial charge is 0.344 e. The SMILES string of the molecule is C/C(=N\OCC(=O)O)C(C)(C)C.C/C(=N\OCC(=O)O)C(C)(C)Cc1ccccc1.C/C(=N\OCC(=O)O)C1(C)CCCCC1.CC1(C)/C(=N/OCC(=O)O)[C@@]2(C)CC[C@@H]1C2.CCC(C)(C)/C(C)=N/OCC(=O)O.CCC(C)(Cc1ccccc1)/C(C)=N/OCC(=O)O. The number of oxime groups is 6. The molecule has 2 bridgehead atoms. The van der Waals surface area contributed by atoms with Crippen LogP contribution in [0.1, 0.15) is 207 Å². The van der Waals surface area contributed by atoms with Crippen LogP contribution >= 0.6 is 0 Å². The lowest BCUT2D eigenvalue weighted by atomic mass is 9.71. The predicted molar refractivity (Wildman–Crippen MR) is 361 cm³/mol. The molecule has 3 atom stereocenters. The van der Waals surface area contributed by atoms with E-state index in [2.05, 4.69) is 127 Å². The average molecular weight is 1310 g/mol. The van der Waals surface area contributed by atoms with E-state index in [4.69, 9.17) is 50.0 Å². The normalized spacial score (nSPS) is 18.8. The maximum absolute atomic E-state index is 10.4. The molecule has 524 valence electrons. The minimum atomic E-state index is -1.02. The van der Waals surface area contributed by atoms with Crippen molar-refractivity contribution in [1.82, 2.24) is 0 Å². The molecule has 24 heteroatoms. The Bertz CT molecular complexity index is 2830. The van der Waals surface area contributed by atoms with E-state index in [-0.39, 0.29) is 64.3 Å². The molecule has 3 saturated carbocycles. The molecule has 3 aliphatic rings. The Hall–Kier alpha value is -7.92. The number of carbonyl (C=O) groups is 6. The third-order valence-corrected chi connectivity index (χ3v) is 17.6. The molecular formula is C69H110N6O18. The van der Waals surface area contributed by atoms with Gasteiger partial charge in [0.05, 0.1) is 34.3 Å². The van der Waals surface area contributed by atoms with Crippen LogP contribution in [0.5, 0.6) is 0 Å². The fourth-order valence-electron chi connectivity index (χ4n) is 9.69. The summed E-state index contributed by atoms with van der Waals surface area (Å²) in [6, 6.07) is 20.3. The Morgan fingerprint density at radius 1 is 0.462 bits per heavy atom. The molecule has 1 unspecified atom stereocenters. The molecule has 0 amide bonds. The van der Waals surface area contributed by atoms with Gasteiger partial charge in [-0.25, -0.2) is 28.8 Å². The standard InChI is InChI=1S/C15H21NO3.C14H19NO3.C12H19NO3.C11H19NO3.C9H17NO3.C8H15NO3/c1-4-15(3,10-13-8-6-5-7-9-13)12(2)16-19-11-14(17)18;1-11(15-18-10-13(16)17)14(2,3)9-12-7-5-4-6-8-12;1-11(2)8-4-5-12(3,6-8)10(11)13-16-7-9(14)15;1-9(12-15-8-10(13)14)11(2)6-4-3-5-7-11;1-5-9(3,4)7(2)10-13-6-8(11)12;1-6(8(2,3)4)9-12-5-7(10)11/h5-9H,4,10-11H2,1-3H3,(H,17,18);4-8H,9-10H2,1-3H3,(H,16,17);8H,4-7H2,1-3H3,(H,14,15);3-8H2,1-2H3,(H,13,14);5-6H2,1-4H3,(H,11,12);5H2,1-4H3,(H,10,11)/b16-12+;15-11+;13-10-;12-9+;10-7+;9-6+/t;;8-,12+;;;/m..1.../s1. The Morgan fingerprint density at radius 2 is 0.828 bits per heavy atom. The zero-order valence-corrected chi connectivity index (χ0v) is 58.8. The number of nitrogens with zero attached hydrogens (tertiary/aromatic N) is 6. The Balaban J connectivity index is 0.00000110. The fraction of sp³-hybridized carbons (Fsp3) is 0.652. The van der Waals surface area contributed by atoms with Gasteiger partial charge in [-0.3, -0.25) is 0 Å². The molecule has 0 radical (unpaired) electrons. The van der Waals surface area contributed by atoms with E-state index in [1.807, 2.05) is 106 Å². The number of hydrogen-bond donors (Lipinski definition) is 6. The van der Waals surface area contributed by atoms with Gasteiger partial charge in [0, 0.05) is 37.9 Å². The zero-order chi connectivity index (χ0) is 71.4. The van der Waals surface area contributed by atoms with Crippen molar-refractivity contribution in [2.24, 2.45) is 74.8 Å². The molecule has 0 spiro atoms. The summed E-state index contributed by atoms with van der Waals surface area (Å²) < 4.78 is 0. The fourth-order valence-corrected chi connectivity index (χ4v) is 9.69. The summed E-state index contributed by atoms with van der Waals surface area (Å²) in [5.74, 6) is -5.35. The van der Waals surface area contributed by atoms with E-state index >= 15 is 0 Å². The number of aliphatic carboxylic acids is 6. The van der Waals surface area contributed by atoms with Crippen molar-refractivity contribution >= 4 is 70.1 Å². The van der Waals surface area contributed by atoms with Crippen molar-refractivity contribution in [3.05, 3.63) is 71.8 Å². The average Bonchev–Trinajstić information content (AvgIpc) is 1.58. The molecule has 0 aliphatic heterocycles. The third kappa shape index (κ3) is 34.0. The second kappa shape index (κ2) is 40.9. The first kappa shape index (κ1) is 85.1. The highest BCUT2D eigenvalue weighted by Gasteiger charge is 2.57. The van der Waals surface area contributed by atoms with Gasteiger partial charge in [0.25, 0.3) is 0 Å². The number of carboxylic acids is 6. The number of benzene rings is 2. The summed E-state index contributed by atoms with van der Waals surface area (Å²) in [5.41, 5.74) is 7.54. The molecule has 93 heavy (non-hydrogen) atoms. The van der Waals surface area contributed by atoms with Crippen LogP contribution in [0.4, 0.5) is 0 Å². The summed E-state index contributed by atoms with van der Waals surface area (Å²) in [6.07, 6.45) is 13.1. The van der Waals surface area contributed by atoms with Crippen LogP contribution in [0.3, 0.4) is 0 Å². The van der Waals surface area contributed by atoms with Gasteiger partial charge >= 0.3 is 35.8 Å². The molecule has 2 aromatic rings. The summed E-state index contributed by atoms with van der Waals surface area (Å²) in [6.45, 7) is 36.2. The first-order valence-electron chi connectivity index (χ1n) is 31.5. The lowest BCUT2D eigenvalue weighted by molar-refractivity contribution is -0.143. The first-order valence-corrected chi connectivity index (χ1v) is 31.5. The van der Waals surface area contributed by atoms with E-state index in [9.17, 15) is 28.8 Å². The largest absolute Gasteiger partial charge is 0.479 e. The van der Waals surface area contributed by atoms with Crippen LogP contribution in [-0.4, -0.2) is 140 Å². The van der Waals surface area contributed by atoms with Crippen LogP contribution in [0.15, 0.2) is 91.6 Å². The quantitative estimate of drug-likeness (QED) is 0.0340. The minimum Gasteiger partial charge on any atom is -0.479 e. The molecular weight excluding hydrogens is 1200 g/mol. The molecule has 5 rings (SSSR count). The zero-order valence-electron chi connectivity index (χ0n) is 58.8. The van der Waals surface area contributed by atoms with Crippen LogP contribution in [-0.2, 0) is 70.6 Å². The lowest BCUT2D eigenvalue weighted by Gasteiger charge is -2.34. The van der Waals surface area contributed by atoms with Gasteiger partial charge in [-0.15, -0.1) is 0 Å². The predicted octanol–water partition coefficient (Wildman–Crippen LogP) is 14.0. The van der Waals surface area contributed by atoms with E-state index in [1.54, 1.807) is 0 Å². The number of hydrogen-bond acceptors (Lipinski definition) is 18. The van der Waals surface area contributed by atoms with Crippen LogP contribution < -0.4 is 0 Å². The summed E-state index contributed by atoms with van der Waals surface area (Å²) in [4.78, 5) is 90.0. The Labute approximate surface area is 551 Å². The maximum atomic E-state index is 10.4. The number of rotatable bonds is 28. The monoisotopic (exact) mass is 1310 g/mol. The minimum absolute atomic E-state index is 0.0293. The van der Waals surface area contributed by atoms with Crippen molar-refractivity contribution in [3.63, 3.8) is 0 Å². The highest BCUT2D eigenvalue weighted by Crippen LogP contribution is 2.60. The number of fused-ring (bicyclic) bond motifs is 2. The Morgan fingerprint density at radius 3 is 1.19 bits per heavy atom. The van der Waals surface area contributed by atoms with E-state index in [0.717, 1.165) is 85.6 Å². The molecule has 2 aromatic carbocycles. The first-order chi connectivity index (χ1) is 43.0. The highest BCUT2D eigenvalue weighted by atomic mass is 16.7. The summed E-state index contributed by atoms with van der Waals surface area (Å²) >= 11 is 0. The third-order valence-electron chi connectivity index (χ3n) is 17.6. The number of carboxylic acid groups (broad SMARTS) is 6. The summed E-state index contributed by atoms with van der Waals surface area (Å²) in [5, 5.41) is 73.7. The van der Waals surface area contributed by atoms with Crippen LogP contribution in [0.2, 0.25) is 0 Å². The molecule has 3 aliphatic carbocycles. The van der Waals surface area contributed by atoms with Crippen molar-refractivity contribution in [2.75, 3.05) is 39.6 Å². The molecule has 24 nitrogen and oxygen atoms in total. The second-order valence-electron chi connectivity index (χ2n) is 27.3. The molecule has 0 saturated heterocycles. The van der Waals surface area contributed by atoms with Gasteiger partial charge in [0.15, 0.2) is 0 Å². The molecule has 0 aromatic heterocycles. The van der Waals surface area contributed by atoms with Crippen molar-refractivity contribution in [1.29, 1.82) is 0 Å². The van der Waals surface area contributed by atoms with Gasteiger partial charge in [-0.1, -0.05) is 208 Å². The van der Waals surface area contributed by atoms with Gasteiger partial charge in [0.1, 0.15) is 0 Å². The van der Waals surface area contributed by atoms with Gasteiger partial charge in [0.2, 0.25) is 39.6 Å². The highest BCUT2D eigenvalue weighted by molar-refractivity contribution is 5.97. The maximum Gasteiger partial charge on any atom is 0.344 e. The van der Waals surface area contributed by atoms with Crippen LogP contribution in [0.25, 0.3) is 0 Å². The van der Waals surface area contributed by atoms with Crippen molar-refractivity contribution in [2.45, 2.75) is 209 Å². The van der Waals surface area contributed by atoms with Crippen LogP contribution in [0, 0.1) is 43.8 Å². The van der Waals surface area contributed by atoms with Crippen molar-refractivity contribution in [3.8, 4) is 0 Å².